The Morgan fingerprint density at radius 3 is 1.53 bits per heavy atom. The first kappa shape index (κ1) is 43.4. The number of benzene rings is 4. The summed E-state index contributed by atoms with van der Waals surface area (Å²) in [6, 6.07) is 7.43. The van der Waals surface area contributed by atoms with Gasteiger partial charge in [0, 0.05) is 15.7 Å². The molecule has 0 aliphatic heterocycles. The van der Waals surface area contributed by atoms with Crippen LogP contribution in [-0.2, 0) is 40.5 Å². The van der Waals surface area contributed by atoms with Gasteiger partial charge in [0.2, 0.25) is 0 Å². The van der Waals surface area contributed by atoms with Crippen molar-refractivity contribution >= 4 is 73.4 Å². The average Bonchev–Trinajstić information content (AvgIpc) is 2.79. The van der Waals surface area contributed by atoms with Gasteiger partial charge in [-0.15, -0.1) is 5.11 Å². The Labute approximate surface area is 333 Å². The van der Waals surface area contributed by atoms with Gasteiger partial charge in [-0.1, -0.05) is 23.9 Å². The second kappa shape index (κ2) is 15.6. The second-order valence-corrected chi connectivity index (χ2v) is 13.2. The Morgan fingerprint density at radius 2 is 1.07 bits per heavy atom. The van der Waals surface area contributed by atoms with Gasteiger partial charge in [-0.25, -0.2) is 25.3 Å². The Kier molecular flexibility index (Phi) is 15.7. The van der Waals surface area contributed by atoms with Crippen LogP contribution in [0.4, 0.5) is 11.4 Å². The van der Waals surface area contributed by atoms with Crippen molar-refractivity contribution in [1.29, 1.82) is 0 Å². The van der Waals surface area contributed by atoms with E-state index in [1.807, 2.05) is 0 Å². The van der Waals surface area contributed by atoms with Crippen molar-refractivity contribution < 1.29 is 175 Å². The summed E-state index contributed by atoms with van der Waals surface area (Å²) in [5.74, 6) is -1.49. The topological polar surface area (TPSA) is 274 Å². The predicted octanol–water partition coefficient (Wildman–Crippen LogP) is -10.5. The number of hydrogen-bond acceptors (Lipinski definition) is 14. The normalized spacial score (nSPS) is 12.2. The Morgan fingerprint density at radius 1 is 0.581 bits per heavy atom. The van der Waals surface area contributed by atoms with E-state index in [1.165, 1.54) is 0 Å². The molecule has 4 aromatic carbocycles. The van der Waals surface area contributed by atoms with Crippen molar-refractivity contribution in [2.24, 2.45) is 10.2 Å². The molecule has 0 amide bonds. The summed E-state index contributed by atoms with van der Waals surface area (Å²) in [6.45, 7) is 0. The van der Waals surface area contributed by atoms with Crippen LogP contribution in [-0.4, -0.2) is 51.9 Å². The predicted molar refractivity (Wildman–Crippen MR) is 125 cm³/mol. The van der Waals surface area contributed by atoms with Crippen LogP contribution in [0.3, 0.4) is 0 Å². The molecule has 23 heteroatoms. The van der Waals surface area contributed by atoms with Gasteiger partial charge in [-0.2, -0.15) is 13.5 Å². The van der Waals surface area contributed by atoms with Gasteiger partial charge >= 0.3 is 118 Å². The van der Waals surface area contributed by atoms with E-state index in [0.29, 0.717) is 12.1 Å². The van der Waals surface area contributed by atoms with Crippen LogP contribution in [0.25, 0.3) is 21.5 Å². The average molecular weight is 707 g/mol. The molecule has 4 aromatic rings. The zero-order chi connectivity index (χ0) is 29.1. The molecule has 0 spiro atoms. The molecule has 0 heterocycles. The molecule has 0 aromatic heterocycles. The van der Waals surface area contributed by atoms with Gasteiger partial charge in [0.05, 0.1) is 15.5 Å². The quantitative estimate of drug-likeness (QED) is 0.111. The van der Waals surface area contributed by atoms with Crippen molar-refractivity contribution in [3.05, 3.63) is 54.6 Å². The Balaban J connectivity index is 0.00000441. The molecule has 0 radical (unpaired) electrons. The van der Waals surface area contributed by atoms with Gasteiger partial charge in [0.25, 0.3) is 10.1 Å². The summed E-state index contributed by atoms with van der Waals surface area (Å²) >= 11 is 0. The summed E-state index contributed by atoms with van der Waals surface area (Å²) in [5.41, 5.74) is -1.49. The zero-order valence-corrected chi connectivity index (χ0v) is 33.8. The van der Waals surface area contributed by atoms with E-state index in [9.17, 15) is 57.0 Å². The van der Waals surface area contributed by atoms with Crippen molar-refractivity contribution in [3.8, 4) is 5.75 Å². The Bertz CT molecular complexity index is 2190. The van der Waals surface area contributed by atoms with Crippen molar-refractivity contribution in [2.75, 3.05) is 0 Å². The number of hydrogen-bond donors (Lipinski definition) is 1. The first-order valence-corrected chi connectivity index (χ1v) is 15.6. The summed E-state index contributed by atoms with van der Waals surface area (Å²) in [4.78, 5) is -3.83. The van der Waals surface area contributed by atoms with Gasteiger partial charge in [0.15, 0.2) is 0 Å². The van der Waals surface area contributed by atoms with Gasteiger partial charge < -0.3 is 18.8 Å². The van der Waals surface area contributed by atoms with E-state index in [1.54, 1.807) is 0 Å². The van der Waals surface area contributed by atoms with E-state index in [2.05, 4.69) is 10.2 Å². The molecule has 0 atom stereocenters. The minimum atomic E-state index is -5.46. The standard InChI is InChI=1S/C20H14N2O13S4.4Na/c23-19-17(38(30,31)32)9-11-8-13(37(27,28)29)2-4-14(11)18(19)22-21-16-6-1-10-7-12(36(24,25)26)3-5-15(10)20(16)39(33,34)35;;;;/h1-9,23H,(H,24,25,26)(H,27,28,29)(H,30,31,32)(H,33,34,35);;;;/q;4*+1/p-4. The van der Waals surface area contributed by atoms with Crippen LogP contribution in [0.5, 0.6) is 5.75 Å². The van der Waals surface area contributed by atoms with E-state index >= 15 is 0 Å². The van der Waals surface area contributed by atoms with Crippen molar-refractivity contribution in [2.45, 2.75) is 19.6 Å². The SMILES string of the molecule is O=S(=O)([O-])c1ccc2c(N=Nc3ccc4cc(S(=O)(=O)[O-])ccc4c3S(=O)(=O)O)c([O-])c(S(=O)(=O)[O-])cc2c1.[Na+].[Na+].[Na+].[Na+]. The molecule has 0 bridgehead atoms. The van der Waals surface area contributed by atoms with Crippen molar-refractivity contribution in [3.63, 3.8) is 0 Å². The molecule has 0 fully saturated rings. The van der Waals surface area contributed by atoms with Gasteiger partial charge in [0.1, 0.15) is 40.9 Å². The second-order valence-electron chi connectivity index (χ2n) is 7.77. The monoisotopic (exact) mass is 706 g/mol. The summed E-state index contributed by atoms with van der Waals surface area (Å²) in [6.07, 6.45) is 0. The molecular formula is C20H10N2Na4O13S4. The van der Waals surface area contributed by atoms with Crippen LogP contribution in [0.15, 0.2) is 84.4 Å². The first-order chi connectivity index (χ1) is 17.8. The third kappa shape index (κ3) is 9.73. The molecule has 0 aliphatic rings. The number of nitrogens with zero attached hydrogens (tertiary/aromatic N) is 2. The first-order valence-electron chi connectivity index (χ1n) is 9.90. The summed E-state index contributed by atoms with van der Waals surface area (Å²) in [7, 11) is -20.5. The summed E-state index contributed by atoms with van der Waals surface area (Å²) < 4.78 is 137. The van der Waals surface area contributed by atoms with Crippen LogP contribution < -0.4 is 123 Å². The molecule has 4 rings (SSSR count). The maximum Gasteiger partial charge on any atom is 1.00 e. The minimum Gasteiger partial charge on any atom is -0.870 e. The van der Waals surface area contributed by atoms with E-state index in [4.69, 9.17) is 0 Å². The number of fused-ring (bicyclic) bond motifs is 2. The van der Waals surface area contributed by atoms with E-state index in [-0.39, 0.29) is 140 Å². The Hall–Kier alpha value is 0.440. The summed E-state index contributed by atoms with van der Waals surface area (Å²) in [5, 5.41) is 18.9. The molecule has 206 valence electrons. The van der Waals surface area contributed by atoms with Gasteiger partial charge in [-0.3, -0.25) is 4.55 Å². The fourth-order valence-electron chi connectivity index (χ4n) is 3.64. The smallest absolute Gasteiger partial charge is 0.870 e. The maximum absolute atomic E-state index is 12.8. The molecule has 0 saturated carbocycles. The van der Waals surface area contributed by atoms with Crippen LogP contribution in [0.2, 0.25) is 0 Å². The third-order valence-corrected chi connectivity index (χ3v) is 8.74. The largest absolute Gasteiger partial charge is 1.00 e. The van der Waals surface area contributed by atoms with Crippen molar-refractivity contribution in [1.82, 2.24) is 0 Å². The maximum atomic E-state index is 12.8. The molecule has 0 unspecified atom stereocenters. The molecule has 1 N–H and O–H groups in total. The molecular weight excluding hydrogens is 696 g/mol. The van der Waals surface area contributed by atoms with Gasteiger partial charge in [-0.05, 0) is 47.2 Å². The van der Waals surface area contributed by atoms with E-state index < -0.39 is 77.2 Å². The van der Waals surface area contributed by atoms with Crippen LogP contribution in [0.1, 0.15) is 0 Å². The molecule has 15 nitrogen and oxygen atoms in total. The third-order valence-electron chi connectivity index (χ3n) is 5.29. The fourth-order valence-corrected chi connectivity index (χ4v) is 6.08. The number of rotatable bonds is 6. The number of azo groups is 1. The fraction of sp³-hybridized carbons (Fsp3) is 0. The molecule has 0 aliphatic carbocycles. The minimum absolute atomic E-state index is 0. The van der Waals surface area contributed by atoms with Crippen LogP contribution >= 0.6 is 0 Å². The molecule has 43 heavy (non-hydrogen) atoms. The molecule has 0 saturated heterocycles. The van der Waals surface area contributed by atoms with Crippen LogP contribution in [0, 0.1) is 0 Å². The van der Waals surface area contributed by atoms with E-state index in [0.717, 1.165) is 42.5 Å². The zero-order valence-electron chi connectivity index (χ0n) is 22.6.